The molecule has 7 nitrogen and oxygen atoms in total. The Labute approximate surface area is 143 Å². The van der Waals surface area contributed by atoms with Gasteiger partial charge in [-0.2, -0.15) is 5.26 Å². The lowest BCUT2D eigenvalue weighted by Gasteiger charge is -2.31. The maximum Gasteiger partial charge on any atom is 0.419 e. The minimum Gasteiger partial charge on any atom is -0.483 e. The van der Waals surface area contributed by atoms with Gasteiger partial charge in [-0.15, -0.1) is 0 Å². The number of carbonyl (C=O) groups excluding carboxylic acids is 1. The van der Waals surface area contributed by atoms with Gasteiger partial charge in [0.05, 0.1) is 12.2 Å². The molecule has 0 spiro atoms. The Hall–Kier alpha value is -1.76. The molecule has 0 atom stereocenters. The Balaban J connectivity index is 2.12. The molecule has 1 aliphatic rings. The SMILES string of the molecule is CCO/C=N/c1c(C#N)ccn1C1CCN(C(=O)OI)CC1. The van der Waals surface area contributed by atoms with Crippen molar-refractivity contribution in [1.82, 2.24) is 9.47 Å². The third kappa shape index (κ3) is 3.71. The monoisotopic (exact) mass is 416 g/mol. The largest absolute Gasteiger partial charge is 0.483 e. The lowest BCUT2D eigenvalue weighted by molar-refractivity contribution is 0.145. The van der Waals surface area contributed by atoms with Crippen molar-refractivity contribution in [1.29, 1.82) is 5.26 Å². The number of hydrogen-bond donors (Lipinski definition) is 0. The average molecular weight is 416 g/mol. The fourth-order valence-corrected chi connectivity index (χ4v) is 2.77. The van der Waals surface area contributed by atoms with Crippen LogP contribution in [0.4, 0.5) is 10.6 Å². The van der Waals surface area contributed by atoms with Crippen molar-refractivity contribution < 1.29 is 12.6 Å². The predicted octanol–water partition coefficient (Wildman–Crippen LogP) is 3.18. The zero-order chi connectivity index (χ0) is 15.9. The van der Waals surface area contributed by atoms with E-state index in [2.05, 4.69) is 11.1 Å². The molecule has 118 valence electrons. The van der Waals surface area contributed by atoms with Gasteiger partial charge in [-0.1, -0.05) is 0 Å². The molecule has 1 saturated heterocycles. The molecule has 0 saturated carbocycles. The Morgan fingerprint density at radius 3 is 2.91 bits per heavy atom. The smallest absolute Gasteiger partial charge is 0.419 e. The lowest BCUT2D eigenvalue weighted by atomic mass is 10.1. The zero-order valence-electron chi connectivity index (χ0n) is 12.2. The first-order valence-corrected chi connectivity index (χ1v) is 7.91. The van der Waals surface area contributed by atoms with Gasteiger partial charge in [-0.05, 0) is 25.8 Å². The van der Waals surface area contributed by atoms with Crippen molar-refractivity contribution in [3.05, 3.63) is 17.8 Å². The Kier molecular flexibility index (Phi) is 6.06. The van der Waals surface area contributed by atoms with Crippen molar-refractivity contribution in [3.63, 3.8) is 0 Å². The fraction of sp³-hybridized carbons (Fsp3) is 0.500. The van der Waals surface area contributed by atoms with Gasteiger partial charge in [-0.25, -0.2) is 9.79 Å². The molecule has 0 aromatic carbocycles. The van der Waals surface area contributed by atoms with Crippen LogP contribution in [0.15, 0.2) is 17.3 Å². The summed E-state index contributed by atoms with van der Waals surface area (Å²) in [5, 5.41) is 9.19. The van der Waals surface area contributed by atoms with Gasteiger partial charge in [0.25, 0.3) is 0 Å². The topological polar surface area (TPSA) is 79.9 Å². The zero-order valence-corrected chi connectivity index (χ0v) is 14.4. The highest BCUT2D eigenvalue weighted by atomic mass is 127. The molecule has 2 rings (SSSR count). The summed E-state index contributed by atoms with van der Waals surface area (Å²) in [6.07, 6.45) is 4.52. The molecule has 0 aliphatic carbocycles. The van der Waals surface area contributed by atoms with E-state index in [0.29, 0.717) is 31.1 Å². The fourth-order valence-electron chi connectivity index (χ4n) is 2.49. The number of carbonyl (C=O) groups is 1. The molecule has 0 unspecified atom stereocenters. The van der Waals surface area contributed by atoms with Gasteiger partial charge >= 0.3 is 6.09 Å². The van der Waals surface area contributed by atoms with Gasteiger partial charge in [0.15, 0.2) is 35.2 Å². The van der Waals surface area contributed by atoms with Crippen molar-refractivity contribution in [3.8, 4) is 6.07 Å². The van der Waals surface area contributed by atoms with Crippen LogP contribution in [0, 0.1) is 11.3 Å². The number of rotatable bonds is 4. The quantitative estimate of drug-likeness (QED) is 0.429. The van der Waals surface area contributed by atoms with Crippen molar-refractivity contribution in [2.75, 3.05) is 19.7 Å². The summed E-state index contributed by atoms with van der Waals surface area (Å²) >= 11 is 1.60. The van der Waals surface area contributed by atoms with Crippen molar-refractivity contribution in [2.45, 2.75) is 25.8 Å². The summed E-state index contributed by atoms with van der Waals surface area (Å²) in [5.74, 6) is 0.603. The van der Waals surface area contributed by atoms with Gasteiger partial charge < -0.3 is 17.3 Å². The maximum absolute atomic E-state index is 11.5. The molecule has 22 heavy (non-hydrogen) atoms. The third-order valence-corrected chi connectivity index (χ3v) is 3.98. The van der Waals surface area contributed by atoms with Crippen LogP contribution >= 0.6 is 23.0 Å². The minimum atomic E-state index is -0.307. The summed E-state index contributed by atoms with van der Waals surface area (Å²) in [6, 6.07) is 4.10. The van der Waals surface area contributed by atoms with Crippen LogP contribution < -0.4 is 0 Å². The second-order valence-corrected chi connectivity index (χ2v) is 5.26. The molecule has 8 heteroatoms. The second-order valence-electron chi connectivity index (χ2n) is 4.82. The van der Waals surface area contributed by atoms with E-state index >= 15 is 0 Å². The molecule has 1 amide bonds. The van der Waals surface area contributed by atoms with Crippen LogP contribution in [-0.4, -0.2) is 41.7 Å². The van der Waals surface area contributed by atoms with Crippen molar-refractivity contribution >= 4 is 41.3 Å². The van der Waals surface area contributed by atoms with E-state index in [-0.39, 0.29) is 12.1 Å². The van der Waals surface area contributed by atoms with Crippen molar-refractivity contribution in [2.24, 2.45) is 4.99 Å². The van der Waals surface area contributed by atoms with Crippen LogP contribution in [0.25, 0.3) is 0 Å². The number of aromatic nitrogens is 1. The molecule has 0 N–H and O–H groups in total. The summed E-state index contributed by atoms with van der Waals surface area (Å²) < 4.78 is 11.8. The highest BCUT2D eigenvalue weighted by Crippen LogP contribution is 2.30. The molecular weight excluding hydrogens is 399 g/mol. The predicted molar refractivity (Wildman–Crippen MR) is 89.3 cm³/mol. The Morgan fingerprint density at radius 2 is 2.32 bits per heavy atom. The average Bonchev–Trinajstić information content (AvgIpc) is 2.97. The normalized spacial score (nSPS) is 15.8. The van der Waals surface area contributed by atoms with E-state index in [1.54, 1.807) is 34.0 Å². The Bertz CT molecular complexity index is 585. The van der Waals surface area contributed by atoms with Crippen LogP contribution in [0.1, 0.15) is 31.4 Å². The molecule has 2 heterocycles. The van der Waals surface area contributed by atoms with Gasteiger partial charge in [0.1, 0.15) is 6.07 Å². The van der Waals surface area contributed by atoms with E-state index < -0.39 is 0 Å². The summed E-state index contributed by atoms with van der Waals surface area (Å²) in [6.45, 7) is 3.66. The number of aliphatic imine (C=N–C) groups is 1. The highest BCUT2D eigenvalue weighted by Gasteiger charge is 2.26. The lowest BCUT2D eigenvalue weighted by Crippen LogP contribution is -2.38. The van der Waals surface area contributed by atoms with Crippen LogP contribution in [0.3, 0.4) is 0 Å². The minimum absolute atomic E-state index is 0.203. The molecule has 1 aromatic rings. The first-order valence-electron chi connectivity index (χ1n) is 7.03. The number of halogens is 1. The van der Waals surface area contributed by atoms with E-state index in [0.717, 1.165) is 12.8 Å². The standard InChI is InChI=1S/C14H17IN4O3/c1-2-21-10-17-13-11(9-16)3-8-19(13)12-4-6-18(7-5-12)14(20)22-15/h3,8,10,12H,2,4-7H2,1H3/b17-10+. The number of ether oxygens (including phenoxy) is 1. The van der Waals surface area contributed by atoms with E-state index in [4.69, 9.17) is 7.80 Å². The van der Waals surface area contributed by atoms with Crippen LogP contribution in [-0.2, 0) is 7.80 Å². The second kappa shape index (κ2) is 8.03. The van der Waals surface area contributed by atoms with Gasteiger partial charge in [-0.3, -0.25) is 0 Å². The first kappa shape index (κ1) is 16.6. The summed E-state index contributed by atoms with van der Waals surface area (Å²) in [5.41, 5.74) is 0.519. The third-order valence-electron chi connectivity index (χ3n) is 3.61. The maximum atomic E-state index is 11.5. The summed E-state index contributed by atoms with van der Waals surface area (Å²) in [4.78, 5) is 17.4. The highest BCUT2D eigenvalue weighted by molar-refractivity contribution is 14.1. The number of hydrogen-bond acceptors (Lipinski definition) is 5. The van der Waals surface area contributed by atoms with Gasteiger partial charge in [0.2, 0.25) is 0 Å². The molecule has 1 fully saturated rings. The molecular formula is C14H17IN4O3. The van der Waals surface area contributed by atoms with E-state index in [1.807, 2.05) is 17.7 Å². The Morgan fingerprint density at radius 1 is 1.59 bits per heavy atom. The number of piperidine rings is 1. The number of likely N-dealkylation sites (tertiary alicyclic amines) is 1. The molecule has 1 aromatic heterocycles. The summed E-state index contributed by atoms with van der Waals surface area (Å²) in [7, 11) is 0. The van der Waals surface area contributed by atoms with Crippen LogP contribution in [0.2, 0.25) is 0 Å². The number of nitrogens with zero attached hydrogens (tertiary/aromatic N) is 4. The first-order chi connectivity index (χ1) is 10.7. The van der Waals surface area contributed by atoms with E-state index in [9.17, 15) is 10.1 Å². The molecule has 0 radical (unpaired) electrons. The van der Waals surface area contributed by atoms with Gasteiger partial charge in [0, 0.05) is 25.3 Å². The molecule has 0 bridgehead atoms. The number of amides is 1. The van der Waals surface area contributed by atoms with Crippen LogP contribution in [0.5, 0.6) is 0 Å². The van der Waals surface area contributed by atoms with E-state index in [1.165, 1.54) is 6.40 Å². The molecule has 1 aliphatic heterocycles. The number of nitriles is 1.